The molecule has 1 aromatic heterocycles. The third-order valence-electron chi connectivity index (χ3n) is 2.86. The third kappa shape index (κ3) is 3.20. The van der Waals surface area contributed by atoms with Crippen LogP contribution in [0.25, 0.3) is 0 Å². The lowest BCUT2D eigenvalue weighted by atomic mass is 10.1. The Balaban J connectivity index is 1.91. The molecule has 0 spiro atoms. The van der Waals surface area contributed by atoms with Crippen molar-refractivity contribution >= 4 is 0 Å². The second kappa shape index (κ2) is 5.12. The van der Waals surface area contributed by atoms with E-state index in [9.17, 15) is 0 Å². The van der Waals surface area contributed by atoms with Crippen molar-refractivity contribution in [2.24, 2.45) is 7.05 Å². The zero-order valence-corrected chi connectivity index (χ0v) is 9.37. The van der Waals surface area contributed by atoms with E-state index < -0.39 is 0 Å². The largest absolute Gasteiger partial charge is 0.316 e. The molecular formula is C12H19N3. The Morgan fingerprint density at radius 1 is 1.47 bits per heavy atom. The van der Waals surface area contributed by atoms with Gasteiger partial charge >= 0.3 is 0 Å². The van der Waals surface area contributed by atoms with Crippen LogP contribution in [0.3, 0.4) is 0 Å². The van der Waals surface area contributed by atoms with E-state index in [1.165, 1.54) is 31.4 Å². The highest BCUT2D eigenvalue weighted by atomic mass is 15.2. The van der Waals surface area contributed by atoms with Gasteiger partial charge in [-0.05, 0) is 44.3 Å². The second-order valence-corrected chi connectivity index (χ2v) is 4.19. The van der Waals surface area contributed by atoms with E-state index >= 15 is 0 Å². The lowest BCUT2D eigenvalue weighted by Crippen LogP contribution is -2.13. The van der Waals surface area contributed by atoms with Crippen LogP contribution in [-0.4, -0.2) is 22.9 Å². The van der Waals surface area contributed by atoms with Gasteiger partial charge in [-0.15, -0.1) is 0 Å². The minimum absolute atomic E-state index is 1.03. The molecule has 0 bridgehead atoms. The molecule has 1 N–H and O–H groups in total. The monoisotopic (exact) mass is 205 g/mol. The molecule has 82 valence electrons. The van der Waals surface area contributed by atoms with Gasteiger partial charge in [0.15, 0.2) is 0 Å². The lowest BCUT2D eigenvalue weighted by molar-refractivity contribution is 0.703. The molecule has 1 saturated heterocycles. The minimum Gasteiger partial charge on any atom is -0.316 e. The number of aromatic nitrogens is 2. The number of allylic oxidation sites excluding steroid dienone is 1. The fourth-order valence-corrected chi connectivity index (χ4v) is 1.98. The van der Waals surface area contributed by atoms with Crippen LogP contribution in [0.5, 0.6) is 0 Å². The molecule has 0 amide bonds. The third-order valence-corrected chi connectivity index (χ3v) is 2.86. The number of hydrogen-bond donors (Lipinski definition) is 1. The summed E-state index contributed by atoms with van der Waals surface area (Å²) < 4.78 is 1.86. The van der Waals surface area contributed by atoms with E-state index in [1.807, 2.05) is 17.9 Å². The highest BCUT2D eigenvalue weighted by Crippen LogP contribution is 2.13. The van der Waals surface area contributed by atoms with Crippen molar-refractivity contribution in [3.8, 4) is 0 Å². The summed E-state index contributed by atoms with van der Waals surface area (Å²) in [5.74, 6) is 0. The highest BCUT2D eigenvalue weighted by Gasteiger charge is 2.03. The summed E-state index contributed by atoms with van der Waals surface area (Å²) in [7, 11) is 1.96. The topological polar surface area (TPSA) is 29.9 Å². The summed E-state index contributed by atoms with van der Waals surface area (Å²) in [6.45, 7) is 2.31. The molecule has 1 aliphatic rings. The molecule has 1 aliphatic heterocycles. The van der Waals surface area contributed by atoms with Gasteiger partial charge in [-0.25, -0.2) is 0 Å². The molecular weight excluding hydrogens is 186 g/mol. The van der Waals surface area contributed by atoms with E-state index in [1.54, 1.807) is 5.57 Å². The van der Waals surface area contributed by atoms with Crippen LogP contribution in [-0.2, 0) is 13.5 Å². The lowest BCUT2D eigenvalue weighted by Gasteiger charge is -2.00. The van der Waals surface area contributed by atoms with Gasteiger partial charge in [0, 0.05) is 13.2 Å². The highest BCUT2D eigenvalue weighted by molar-refractivity contribution is 5.13. The molecule has 2 rings (SSSR count). The number of hydrogen-bond acceptors (Lipinski definition) is 2. The van der Waals surface area contributed by atoms with Gasteiger partial charge in [0.2, 0.25) is 0 Å². The molecule has 0 saturated carbocycles. The number of rotatable bonds is 2. The SMILES string of the molecule is Cn1cc(C/C=C2/CCCNCC2)cn1. The molecule has 15 heavy (non-hydrogen) atoms. The van der Waals surface area contributed by atoms with Gasteiger partial charge in [-0.2, -0.15) is 5.10 Å². The van der Waals surface area contributed by atoms with Gasteiger partial charge in [-0.1, -0.05) is 11.6 Å². The average molecular weight is 205 g/mol. The Morgan fingerprint density at radius 2 is 2.40 bits per heavy atom. The van der Waals surface area contributed by atoms with Crippen molar-refractivity contribution in [2.45, 2.75) is 25.7 Å². The Kier molecular flexibility index (Phi) is 3.56. The normalized spacial score (nSPS) is 20.5. The molecule has 2 heterocycles. The van der Waals surface area contributed by atoms with Crippen molar-refractivity contribution in [2.75, 3.05) is 13.1 Å². The minimum atomic E-state index is 1.03. The van der Waals surface area contributed by atoms with Crippen LogP contribution in [0.15, 0.2) is 24.0 Å². The fourth-order valence-electron chi connectivity index (χ4n) is 1.98. The van der Waals surface area contributed by atoms with Crippen LogP contribution < -0.4 is 5.32 Å². The van der Waals surface area contributed by atoms with Gasteiger partial charge < -0.3 is 5.32 Å². The standard InChI is InChI=1S/C12H19N3/c1-15-10-12(9-14-15)5-4-11-3-2-7-13-8-6-11/h4,9-10,13H,2-3,5-8H2,1H3/b11-4-. The van der Waals surface area contributed by atoms with Crippen molar-refractivity contribution in [3.63, 3.8) is 0 Å². The predicted molar refractivity (Wildman–Crippen MR) is 61.7 cm³/mol. The average Bonchev–Trinajstić information content (AvgIpc) is 2.52. The Morgan fingerprint density at radius 3 is 3.20 bits per heavy atom. The van der Waals surface area contributed by atoms with Crippen LogP contribution in [0.2, 0.25) is 0 Å². The van der Waals surface area contributed by atoms with E-state index in [2.05, 4.69) is 22.7 Å². The molecule has 0 aliphatic carbocycles. The molecule has 0 aromatic carbocycles. The molecule has 3 heteroatoms. The molecule has 3 nitrogen and oxygen atoms in total. The van der Waals surface area contributed by atoms with Gasteiger partial charge in [0.05, 0.1) is 6.20 Å². The van der Waals surface area contributed by atoms with E-state index in [0.717, 1.165) is 13.0 Å². The summed E-state index contributed by atoms with van der Waals surface area (Å²) >= 11 is 0. The number of nitrogens with zero attached hydrogens (tertiary/aromatic N) is 2. The molecule has 1 fully saturated rings. The van der Waals surface area contributed by atoms with Crippen molar-refractivity contribution in [1.29, 1.82) is 0 Å². The van der Waals surface area contributed by atoms with E-state index in [0.29, 0.717) is 0 Å². The smallest absolute Gasteiger partial charge is 0.0524 e. The van der Waals surface area contributed by atoms with Crippen LogP contribution in [0, 0.1) is 0 Å². The Labute approximate surface area is 91.2 Å². The number of aryl methyl sites for hydroxylation is 1. The summed E-state index contributed by atoms with van der Waals surface area (Å²) in [5.41, 5.74) is 2.91. The molecule has 0 unspecified atom stereocenters. The van der Waals surface area contributed by atoms with Crippen LogP contribution >= 0.6 is 0 Å². The first-order valence-corrected chi connectivity index (χ1v) is 5.71. The Hall–Kier alpha value is -1.09. The van der Waals surface area contributed by atoms with E-state index in [-0.39, 0.29) is 0 Å². The van der Waals surface area contributed by atoms with Crippen molar-refractivity contribution in [3.05, 3.63) is 29.6 Å². The molecule has 0 radical (unpaired) electrons. The quantitative estimate of drug-likeness (QED) is 0.744. The van der Waals surface area contributed by atoms with Crippen molar-refractivity contribution in [1.82, 2.24) is 15.1 Å². The zero-order valence-electron chi connectivity index (χ0n) is 9.37. The summed E-state index contributed by atoms with van der Waals surface area (Å²) in [6.07, 6.45) is 11.2. The van der Waals surface area contributed by atoms with Crippen molar-refractivity contribution < 1.29 is 0 Å². The van der Waals surface area contributed by atoms with Crippen LogP contribution in [0.1, 0.15) is 24.8 Å². The summed E-state index contributed by atoms with van der Waals surface area (Å²) in [5, 5.41) is 7.60. The van der Waals surface area contributed by atoms with Gasteiger partial charge in [0.25, 0.3) is 0 Å². The summed E-state index contributed by atoms with van der Waals surface area (Å²) in [6, 6.07) is 0. The number of nitrogens with one attached hydrogen (secondary N) is 1. The second-order valence-electron chi connectivity index (χ2n) is 4.19. The maximum atomic E-state index is 4.17. The fraction of sp³-hybridized carbons (Fsp3) is 0.583. The van der Waals surface area contributed by atoms with Gasteiger partial charge in [0.1, 0.15) is 0 Å². The zero-order chi connectivity index (χ0) is 10.5. The Bertz CT molecular complexity index is 328. The first kappa shape index (κ1) is 10.4. The maximum absolute atomic E-state index is 4.17. The maximum Gasteiger partial charge on any atom is 0.0524 e. The van der Waals surface area contributed by atoms with Crippen LogP contribution in [0.4, 0.5) is 0 Å². The van der Waals surface area contributed by atoms with E-state index in [4.69, 9.17) is 0 Å². The first-order valence-electron chi connectivity index (χ1n) is 5.71. The molecule has 0 atom stereocenters. The summed E-state index contributed by atoms with van der Waals surface area (Å²) in [4.78, 5) is 0. The van der Waals surface area contributed by atoms with Gasteiger partial charge in [-0.3, -0.25) is 4.68 Å². The predicted octanol–water partition coefficient (Wildman–Crippen LogP) is 1.66. The first-order chi connectivity index (χ1) is 7.34. The molecule has 1 aromatic rings.